The maximum Gasteiger partial charge on any atom is 0.472 e. The molecule has 0 heterocycles. The van der Waals surface area contributed by atoms with Gasteiger partial charge in [-0.25, -0.2) is 4.57 Å². The SMILES string of the molecule is C[N+](C)(C)C([O-])[C@@H](CC(=O)O)OP(=O)(O)OCCCCCCCCOc1cccc([N+](=O)[O-])c1. The molecule has 2 unspecified atom stereocenters. The molecule has 0 saturated carbocycles. The number of aliphatic carboxylic acids is 1. The number of phosphoric acid groups is 1. The van der Waals surface area contributed by atoms with Crippen molar-refractivity contribution in [2.75, 3.05) is 34.4 Å². The van der Waals surface area contributed by atoms with Crippen molar-refractivity contribution < 1.29 is 47.7 Å². The number of phosphoric ester groups is 1. The standard InChI is InChI=1S/C21H35N2O10P/c1-23(2,3)21(26)19(16-20(24)25)33-34(29,30)32-14-9-7-5-4-6-8-13-31-18-12-10-11-17(15-18)22(27)28/h10-12,15,19,21H,4-9,13-14,16H2,1-3H3,(H,24,25)(H,29,30)/t19-,21?/m1/s1. The Labute approximate surface area is 199 Å². The number of ether oxygens (including phenoxy) is 1. The zero-order valence-electron chi connectivity index (χ0n) is 19.8. The van der Waals surface area contributed by atoms with Gasteiger partial charge in [0.2, 0.25) is 0 Å². The van der Waals surface area contributed by atoms with E-state index in [4.69, 9.17) is 18.9 Å². The van der Waals surface area contributed by atoms with Crippen molar-refractivity contribution in [3.8, 4) is 5.75 Å². The molecule has 34 heavy (non-hydrogen) atoms. The molecule has 0 bridgehead atoms. The van der Waals surface area contributed by atoms with Crippen molar-refractivity contribution in [2.45, 2.75) is 57.3 Å². The first kappa shape index (κ1) is 30.0. The topological polar surface area (TPSA) is 168 Å². The summed E-state index contributed by atoms with van der Waals surface area (Å²) < 4.78 is 27.3. The number of carboxylic acid groups (broad SMARTS) is 1. The molecule has 0 amide bonds. The molecule has 0 aliphatic heterocycles. The molecule has 13 heteroatoms. The Morgan fingerprint density at radius 2 is 1.71 bits per heavy atom. The fraction of sp³-hybridized carbons (Fsp3) is 0.667. The molecule has 0 radical (unpaired) electrons. The van der Waals surface area contributed by atoms with Gasteiger partial charge in [-0.1, -0.05) is 31.7 Å². The van der Waals surface area contributed by atoms with Gasteiger partial charge in [0.15, 0.2) is 0 Å². The second-order valence-electron chi connectivity index (χ2n) is 8.77. The van der Waals surface area contributed by atoms with E-state index in [0.29, 0.717) is 18.8 Å². The Hall–Kier alpha value is -2.08. The Morgan fingerprint density at radius 3 is 2.26 bits per heavy atom. The summed E-state index contributed by atoms with van der Waals surface area (Å²) >= 11 is 0. The van der Waals surface area contributed by atoms with E-state index in [1.165, 1.54) is 12.1 Å². The van der Waals surface area contributed by atoms with E-state index >= 15 is 0 Å². The molecule has 0 saturated heterocycles. The first-order valence-corrected chi connectivity index (χ1v) is 12.5. The summed E-state index contributed by atoms with van der Waals surface area (Å²) in [6.45, 7) is 0.387. The third-order valence-electron chi connectivity index (χ3n) is 4.82. The minimum Gasteiger partial charge on any atom is -0.804 e. The molecule has 0 spiro atoms. The second kappa shape index (κ2) is 14.3. The van der Waals surface area contributed by atoms with Gasteiger partial charge in [-0.15, -0.1) is 0 Å². The Kier molecular flexibility index (Phi) is 12.6. The van der Waals surface area contributed by atoms with Gasteiger partial charge in [0.1, 0.15) is 11.9 Å². The number of likely N-dealkylation sites (N-methyl/N-ethyl adjacent to an activating group) is 1. The number of non-ortho nitro benzene ring substituents is 1. The summed E-state index contributed by atoms with van der Waals surface area (Å²) in [5, 5.41) is 32.1. The second-order valence-corrected chi connectivity index (χ2v) is 10.2. The monoisotopic (exact) mass is 506 g/mol. The fourth-order valence-electron chi connectivity index (χ4n) is 3.03. The smallest absolute Gasteiger partial charge is 0.472 e. The number of quaternary nitrogens is 1. The van der Waals surface area contributed by atoms with Crippen molar-refractivity contribution in [3.63, 3.8) is 0 Å². The Morgan fingerprint density at radius 1 is 1.12 bits per heavy atom. The quantitative estimate of drug-likeness (QED) is 0.0754. The maximum absolute atomic E-state index is 12.4. The van der Waals surface area contributed by atoms with Crippen LogP contribution in [0.4, 0.5) is 5.69 Å². The molecule has 12 nitrogen and oxygen atoms in total. The molecule has 1 aromatic carbocycles. The highest BCUT2D eigenvalue weighted by Crippen LogP contribution is 2.45. The molecule has 0 aromatic heterocycles. The van der Waals surface area contributed by atoms with Crippen LogP contribution in [0.2, 0.25) is 0 Å². The van der Waals surface area contributed by atoms with Crippen LogP contribution < -0.4 is 9.84 Å². The molecule has 194 valence electrons. The first-order valence-electron chi connectivity index (χ1n) is 11.0. The minimum absolute atomic E-state index is 0.0174. The van der Waals surface area contributed by atoms with Crippen LogP contribution in [-0.2, 0) is 18.4 Å². The average Bonchev–Trinajstić information content (AvgIpc) is 2.73. The van der Waals surface area contributed by atoms with Gasteiger partial charge in [-0.3, -0.25) is 24.0 Å². The van der Waals surface area contributed by atoms with Crippen LogP contribution in [0.1, 0.15) is 44.9 Å². The van der Waals surface area contributed by atoms with Crippen molar-refractivity contribution in [2.24, 2.45) is 0 Å². The van der Waals surface area contributed by atoms with Crippen LogP contribution in [0, 0.1) is 10.1 Å². The van der Waals surface area contributed by atoms with Crippen molar-refractivity contribution in [1.82, 2.24) is 0 Å². The largest absolute Gasteiger partial charge is 0.804 e. The van der Waals surface area contributed by atoms with Gasteiger partial charge in [-0.2, -0.15) is 0 Å². The van der Waals surface area contributed by atoms with E-state index in [1.807, 2.05) is 0 Å². The van der Waals surface area contributed by atoms with Gasteiger partial charge >= 0.3 is 13.8 Å². The summed E-state index contributed by atoms with van der Waals surface area (Å²) in [6.07, 6.45) is 0.888. The zero-order valence-corrected chi connectivity index (χ0v) is 20.7. The summed E-state index contributed by atoms with van der Waals surface area (Å²) in [6, 6.07) is 6.02. The van der Waals surface area contributed by atoms with Crippen LogP contribution in [0.25, 0.3) is 0 Å². The van der Waals surface area contributed by atoms with Crippen molar-refractivity contribution >= 4 is 19.5 Å². The van der Waals surface area contributed by atoms with E-state index < -0.39 is 37.5 Å². The Balaban J connectivity index is 2.21. The molecule has 2 N–H and O–H groups in total. The molecule has 1 aromatic rings. The van der Waals surface area contributed by atoms with E-state index in [-0.39, 0.29) is 16.8 Å². The lowest BCUT2D eigenvalue weighted by Crippen LogP contribution is -2.60. The van der Waals surface area contributed by atoms with E-state index in [0.717, 1.165) is 32.1 Å². The number of nitrogens with zero attached hydrogens (tertiary/aromatic N) is 2. The molecular formula is C21H35N2O10P. The minimum atomic E-state index is -4.57. The number of benzene rings is 1. The van der Waals surface area contributed by atoms with Gasteiger partial charge in [0, 0.05) is 12.3 Å². The summed E-state index contributed by atoms with van der Waals surface area (Å²) in [5.74, 6) is -0.855. The van der Waals surface area contributed by atoms with E-state index in [9.17, 15) is 29.5 Å². The van der Waals surface area contributed by atoms with Crippen LogP contribution in [-0.4, -0.2) is 72.1 Å². The molecule has 0 fully saturated rings. The Bertz CT molecular complexity index is 830. The summed E-state index contributed by atoms with van der Waals surface area (Å²) in [7, 11) is 0.0519. The van der Waals surface area contributed by atoms with Crippen LogP contribution in [0.15, 0.2) is 24.3 Å². The van der Waals surface area contributed by atoms with Gasteiger partial charge in [-0.05, 0) is 18.9 Å². The van der Waals surface area contributed by atoms with E-state index in [2.05, 4.69) is 0 Å². The number of rotatable bonds is 18. The zero-order chi connectivity index (χ0) is 25.8. The highest BCUT2D eigenvalue weighted by molar-refractivity contribution is 7.47. The third kappa shape index (κ3) is 12.4. The molecule has 1 rings (SSSR count). The third-order valence-corrected chi connectivity index (χ3v) is 5.86. The summed E-state index contributed by atoms with van der Waals surface area (Å²) in [4.78, 5) is 31.1. The number of carboxylic acids is 1. The normalized spacial score (nSPS) is 15.3. The average molecular weight is 506 g/mol. The van der Waals surface area contributed by atoms with E-state index in [1.54, 1.807) is 33.3 Å². The van der Waals surface area contributed by atoms with Gasteiger partial charge < -0.3 is 24.3 Å². The molecule has 0 aliphatic rings. The van der Waals surface area contributed by atoms with Crippen LogP contribution >= 0.6 is 7.82 Å². The van der Waals surface area contributed by atoms with Crippen LogP contribution in [0.5, 0.6) is 5.75 Å². The fourth-order valence-corrected chi connectivity index (χ4v) is 3.97. The number of nitro benzene ring substituents is 1. The molecule has 0 aliphatic carbocycles. The van der Waals surface area contributed by atoms with Crippen molar-refractivity contribution in [1.29, 1.82) is 0 Å². The number of carbonyl (C=O) groups is 1. The number of nitro groups is 1. The van der Waals surface area contributed by atoms with Crippen molar-refractivity contribution in [3.05, 3.63) is 34.4 Å². The predicted octanol–water partition coefficient (Wildman–Crippen LogP) is 2.68. The lowest BCUT2D eigenvalue weighted by Gasteiger charge is -2.42. The lowest BCUT2D eigenvalue weighted by molar-refractivity contribution is -0.973. The lowest BCUT2D eigenvalue weighted by atomic mass is 10.1. The van der Waals surface area contributed by atoms with Gasteiger partial charge in [0.25, 0.3) is 5.69 Å². The van der Waals surface area contributed by atoms with Gasteiger partial charge in [0.05, 0.1) is 51.8 Å². The summed E-state index contributed by atoms with van der Waals surface area (Å²) in [5.41, 5.74) is -0.0174. The number of hydrogen-bond acceptors (Lipinski definition) is 8. The number of hydrogen-bond donors (Lipinski definition) is 2. The first-order chi connectivity index (χ1) is 15.8. The number of unbranched alkanes of at least 4 members (excludes halogenated alkanes) is 5. The van der Waals surface area contributed by atoms with Crippen LogP contribution in [0.3, 0.4) is 0 Å². The predicted molar refractivity (Wildman–Crippen MR) is 121 cm³/mol. The molecular weight excluding hydrogens is 471 g/mol. The maximum atomic E-state index is 12.4. The molecule has 3 atom stereocenters. The highest BCUT2D eigenvalue weighted by atomic mass is 31.2. The highest BCUT2D eigenvalue weighted by Gasteiger charge is 2.34.